The highest BCUT2D eigenvalue weighted by molar-refractivity contribution is 5.92. The molecule has 6 heteroatoms. The maximum Gasteiger partial charge on any atom is 0.261 e. The van der Waals surface area contributed by atoms with Crippen molar-refractivity contribution in [3.63, 3.8) is 0 Å². The van der Waals surface area contributed by atoms with Crippen LogP contribution in [0.5, 0.6) is 5.75 Å². The van der Waals surface area contributed by atoms with Gasteiger partial charge in [-0.1, -0.05) is 24.3 Å². The average molecular weight is 389 g/mol. The lowest BCUT2D eigenvalue weighted by Crippen LogP contribution is -2.42. The summed E-state index contributed by atoms with van der Waals surface area (Å²) < 4.78 is 6.89. The van der Waals surface area contributed by atoms with Gasteiger partial charge in [-0.25, -0.2) is 4.98 Å². The normalized spacial score (nSPS) is 17.0. The standard InChI is InChI=1S/C23H23N3O3/c1-29-19-8-4-6-17(14-19)11-12-22(27)25-13-5-7-18(15-25)26-16-24-21-10-3-2-9-20(21)23(26)28/h2-4,6,8-12,14,16,18H,5,7,13,15H2,1H3/b12-11+/t18-/m1/s1. The van der Waals surface area contributed by atoms with Gasteiger partial charge in [0.25, 0.3) is 5.56 Å². The summed E-state index contributed by atoms with van der Waals surface area (Å²) in [5.74, 6) is 0.695. The molecule has 29 heavy (non-hydrogen) atoms. The van der Waals surface area contributed by atoms with Crippen LogP contribution in [-0.4, -0.2) is 40.6 Å². The number of benzene rings is 2. The number of likely N-dealkylation sites (tertiary alicyclic amines) is 1. The monoisotopic (exact) mass is 389 g/mol. The van der Waals surface area contributed by atoms with Gasteiger partial charge >= 0.3 is 0 Å². The molecule has 0 aliphatic carbocycles. The number of carbonyl (C=O) groups excluding carboxylic acids is 1. The van der Waals surface area contributed by atoms with E-state index in [-0.39, 0.29) is 17.5 Å². The van der Waals surface area contributed by atoms with Crippen LogP contribution in [0.25, 0.3) is 17.0 Å². The summed E-state index contributed by atoms with van der Waals surface area (Å²) in [4.78, 5) is 31.8. The Morgan fingerprint density at radius 3 is 2.93 bits per heavy atom. The van der Waals surface area contributed by atoms with Gasteiger partial charge in [-0.2, -0.15) is 0 Å². The lowest BCUT2D eigenvalue weighted by molar-refractivity contribution is -0.127. The van der Waals surface area contributed by atoms with Crippen LogP contribution in [0.2, 0.25) is 0 Å². The van der Waals surface area contributed by atoms with Crippen LogP contribution >= 0.6 is 0 Å². The van der Waals surface area contributed by atoms with E-state index in [1.165, 1.54) is 0 Å². The van der Waals surface area contributed by atoms with Crippen molar-refractivity contribution in [1.82, 2.24) is 14.5 Å². The molecule has 1 aliphatic heterocycles. The summed E-state index contributed by atoms with van der Waals surface area (Å²) in [5, 5.41) is 0.608. The van der Waals surface area contributed by atoms with E-state index in [0.717, 1.165) is 24.2 Å². The van der Waals surface area contributed by atoms with E-state index in [1.807, 2.05) is 42.5 Å². The highest BCUT2D eigenvalue weighted by Gasteiger charge is 2.24. The molecule has 0 N–H and O–H groups in total. The number of piperidine rings is 1. The zero-order valence-electron chi connectivity index (χ0n) is 16.3. The largest absolute Gasteiger partial charge is 0.497 e. The van der Waals surface area contributed by atoms with Crippen molar-refractivity contribution in [3.8, 4) is 5.75 Å². The molecule has 1 aliphatic rings. The number of methoxy groups -OCH3 is 1. The predicted molar refractivity (Wildman–Crippen MR) is 113 cm³/mol. The van der Waals surface area contributed by atoms with E-state index in [2.05, 4.69) is 4.98 Å². The summed E-state index contributed by atoms with van der Waals surface area (Å²) in [6.45, 7) is 1.19. The fourth-order valence-electron chi connectivity index (χ4n) is 3.74. The van der Waals surface area contributed by atoms with Crippen molar-refractivity contribution >= 4 is 22.9 Å². The molecule has 1 aromatic heterocycles. The molecule has 0 bridgehead atoms. The van der Waals surface area contributed by atoms with Crippen molar-refractivity contribution in [2.75, 3.05) is 20.2 Å². The van der Waals surface area contributed by atoms with Gasteiger partial charge in [0, 0.05) is 19.2 Å². The minimum Gasteiger partial charge on any atom is -0.497 e. The first-order valence-electron chi connectivity index (χ1n) is 9.72. The summed E-state index contributed by atoms with van der Waals surface area (Å²) in [5.41, 5.74) is 1.54. The number of amides is 1. The Kier molecular flexibility index (Phi) is 5.42. The minimum atomic E-state index is -0.0671. The van der Waals surface area contributed by atoms with Crippen LogP contribution in [0, 0.1) is 0 Å². The van der Waals surface area contributed by atoms with Crippen LogP contribution < -0.4 is 10.3 Å². The second-order valence-corrected chi connectivity index (χ2v) is 7.16. The molecule has 148 valence electrons. The van der Waals surface area contributed by atoms with Crippen LogP contribution in [0.3, 0.4) is 0 Å². The molecule has 2 aromatic carbocycles. The van der Waals surface area contributed by atoms with Crippen LogP contribution in [0.4, 0.5) is 0 Å². The smallest absolute Gasteiger partial charge is 0.261 e. The molecule has 0 radical (unpaired) electrons. The summed E-state index contributed by atoms with van der Waals surface area (Å²) in [7, 11) is 1.62. The van der Waals surface area contributed by atoms with E-state index in [4.69, 9.17) is 4.74 Å². The average Bonchev–Trinajstić information content (AvgIpc) is 2.78. The molecular formula is C23H23N3O3. The van der Waals surface area contributed by atoms with Gasteiger partial charge in [0.05, 0.1) is 30.4 Å². The highest BCUT2D eigenvalue weighted by Crippen LogP contribution is 2.21. The second kappa shape index (κ2) is 8.31. The maximum atomic E-state index is 12.9. The topological polar surface area (TPSA) is 64.4 Å². The van der Waals surface area contributed by atoms with Gasteiger partial charge in [-0.15, -0.1) is 0 Å². The number of carbonyl (C=O) groups is 1. The zero-order chi connectivity index (χ0) is 20.2. The SMILES string of the molecule is COc1cccc(/C=C/C(=O)N2CCC[C@@H](n3cnc4ccccc4c3=O)C2)c1. The van der Waals surface area contributed by atoms with Crippen LogP contribution in [0.15, 0.2) is 65.7 Å². The fraction of sp³-hybridized carbons (Fsp3) is 0.261. The third kappa shape index (κ3) is 4.06. The Morgan fingerprint density at radius 2 is 2.07 bits per heavy atom. The predicted octanol–water partition coefficient (Wildman–Crippen LogP) is 3.28. The first kappa shape index (κ1) is 18.9. The molecule has 0 saturated carbocycles. The van der Waals surface area contributed by atoms with E-state index >= 15 is 0 Å². The number of aromatic nitrogens is 2. The van der Waals surface area contributed by atoms with E-state index < -0.39 is 0 Å². The molecule has 2 heterocycles. The summed E-state index contributed by atoms with van der Waals surface area (Å²) >= 11 is 0. The van der Waals surface area contributed by atoms with Gasteiger partial charge in [0.1, 0.15) is 5.75 Å². The lowest BCUT2D eigenvalue weighted by atomic mass is 10.0. The molecule has 1 saturated heterocycles. The van der Waals surface area contributed by atoms with Gasteiger partial charge in [-0.3, -0.25) is 14.2 Å². The molecule has 0 spiro atoms. The highest BCUT2D eigenvalue weighted by atomic mass is 16.5. The molecule has 0 unspecified atom stereocenters. The zero-order valence-corrected chi connectivity index (χ0v) is 16.3. The number of ether oxygens (including phenoxy) is 1. The maximum absolute atomic E-state index is 12.9. The molecule has 6 nitrogen and oxygen atoms in total. The third-order valence-electron chi connectivity index (χ3n) is 5.30. The Balaban J connectivity index is 1.51. The van der Waals surface area contributed by atoms with Gasteiger partial charge in [0.2, 0.25) is 5.91 Å². The summed E-state index contributed by atoms with van der Waals surface area (Å²) in [6.07, 6.45) is 6.68. The Morgan fingerprint density at radius 1 is 1.21 bits per heavy atom. The number of hydrogen-bond acceptors (Lipinski definition) is 4. The number of hydrogen-bond donors (Lipinski definition) is 0. The number of nitrogens with zero attached hydrogens (tertiary/aromatic N) is 3. The fourth-order valence-corrected chi connectivity index (χ4v) is 3.74. The van der Waals surface area contributed by atoms with Crippen LogP contribution in [0.1, 0.15) is 24.4 Å². The van der Waals surface area contributed by atoms with Crippen LogP contribution in [-0.2, 0) is 4.79 Å². The number of para-hydroxylation sites is 1. The summed E-state index contributed by atoms with van der Waals surface area (Å²) in [6, 6.07) is 14.8. The van der Waals surface area contributed by atoms with Crippen molar-refractivity contribution in [2.45, 2.75) is 18.9 Å². The first-order chi connectivity index (χ1) is 14.2. The minimum absolute atomic E-state index is 0.0539. The Hall–Kier alpha value is -3.41. The molecule has 1 fully saturated rings. The molecule has 1 amide bonds. The van der Waals surface area contributed by atoms with Crippen molar-refractivity contribution in [3.05, 3.63) is 76.9 Å². The molecule has 1 atom stereocenters. The van der Waals surface area contributed by atoms with Crippen molar-refractivity contribution in [1.29, 1.82) is 0 Å². The molecule has 3 aromatic rings. The quantitative estimate of drug-likeness (QED) is 0.643. The van der Waals surface area contributed by atoms with Crippen molar-refractivity contribution < 1.29 is 9.53 Å². The van der Waals surface area contributed by atoms with Gasteiger partial charge in [0.15, 0.2) is 0 Å². The molecular weight excluding hydrogens is 366 g/mol. The second-order valence-electron chi connectivity index (χ2n) is 7.16. The third-order valence-corrected chi connectivity index (χ3v) is 5.30. The van der Waals surface area contributed by atoms with Gasteiger partial charge < -0.3 is 9.64 Å². The number of rotatable bonds is 4. The number of fused-ring (bicyclic) bond motifs is 1. The van der Waals surface area contributed by atoms with Gasteiger partial charge in [-0.05, 0) is 48.7 Å². The Labute approximate surface area is 169 Å². The van der Waals surface area contributed by atoms with Crippen molar-refractivity contribution in [2.24, 2.45) is 0 Å². The first-order valence-corrected chi connectivity index (χ1v) is 9.72. The van der Waals surface area contributed by atoms with E-state index in [0.29, 0.717) is 24.0 Å². The van der Waals surface area contributed by atoms with E-state index in [9.17, 15) is 9.59 Å². The lowest BCUT2D eigenvalue weighted by Gasteiger charge is -2.33. The van der Waals surface area contributed by atoms with E-state index in [1.54, 1.807) is 41.1 Å². The Bertz CT molecular complexity index is 1120. The molecule has 4 rings (SSSR count).